The Morgan fingerprint density at radius 2 is 1.73 bits per heavy atom. The fraction of sp³-hybridized carbons (Fsp3) is 0.174. The van der Waals surface area contributed by atoms with E-state index >= 15 is 0 Å². The van der Waals surface area contributed by atoms with Crippen molar-refractivity contribution in [2.75, 3.05) is 24.6 Å². The molecule has 7 nitrogen and oxygen atoms in total. The summed E-state index contributed by atoms with van der Waals surface area (Å²) in [6.45, 7) is 1.11. The molecule has 1 aliphatic heterocycles. The van der Waals surface area contributed by atoms with Crippen molar-refractivity contribution in [2.24, 2.45) is 0 Å². The third-order valence-electron chi connectivity index (χ3n) is 5.09. The summed E-state index contributed by atoms with van der Waals surface area (Å²) in [5.74, 6) is 0.231. The molecule has 33 heavy (non-hydrogen) atoms. The number of nitrogens with zero attached hydrogens (tertiary/aromatic N) is 1. The van der Waals surface area contributed by atoms with Gasteiger partial charge in [-0.2, -0.15) is 0 Å². The van der Waals surface area contributed by atoms with Crippen molar-refractivity contribution in [1.29, 1.82) is 0 Å². The van der Waals surface area contributed by atoms with Crippen LogP contribution >= 0.6 is 11.6 Å². The van der Waals surface area contributed by atoms with Crippen molar-refractivity contribution >= 4 is 33.2 Å². The smallest absolute Gasteiger partial charge is 0.264 e. The lowest BCUT2D eigenvalue weighted by atomic mass is 10.1. The van der Waals surface area contributed by atoms with Gasteiger partial charge in [-0.05, 0) is 60.2 Å². The maximum absolute atomic E-state index is 13.2. The molecule has 0 fully saturated rings. The van der Waals surface area contributed by atoms with Crippen molar-refractivity contribution < 1.29 is 27.1 Å². The minimum atomic E-state index is -4.01. The topological polar surface area (TPSA) is 84.9 Å². The average Bonchev–Trinajstić information content (AvgIpc) is 2.82. The molecule has 3 aromatic rings. The highest BCUT2D eigenvalue weighted by molar-refractivity contribution is 7.92. The first kappa shape index (κ1) is 22.9. The zero-order valence-electron chi connectivity index (χ0n) is 17.5. The minimum absolute atomic E-state index is 0.0165. The van der Waals surface area contributed by atoms with Gasteiger partial charge in [0.15, 0.2) is 11.5 Å². The van der Waals surface area contributed by atoms with E-state index in [1.807, 2.05) is 0 Å². The lowest BCUT2D eigenvalue weighted by molar-refractivity contribution is 0.0950. The Morgan fingerprint density at radius 1 is 1.03 bits per heavy atom. The van der Waals surface area contributed by atoms with Crippen LogP contribution in [0.4, 0.5) is 10.1 Å². The van der Waals surface area contributed by atoms with Crippen LogP contribution in [-0.4, -0.2) is 34.6 Å². The number of amides is 1. The van der Waals surface area contributed by atoms with Crippen LogP contribution in [0.15, 0.2) is 65.6 Å². The second-order valence-corrected chi connectivity index (χ2v) is 9.63. The van der Waals surface area contributed by atoms with E-state index in [1.165, 1.54) is 49.5 Å². The summed E-state index contributed by atoms with van der Waals surface area (Å²) in [7, 11) is -2.67. The number of rotatable bonds is 6. The fourth-order valence-electron chi connectivity index (χ4n) is 3.26. The Labute approximate surface area is 195 Å². The van der Waals surface area contributed by atoms with Gasteiger partial charge in [-0.25, -0.2) is 12.8 Å². The number of anilines is 1. The molecule has 4 rings (SSSR count). The van der Waals surface area contributed by atoms with Gasteiger partial charge in [-0.3, -0.25) is 9.10 Å². The number of hydrogen-bond acceptors (Lipinski definition) is 5. The van der Waals surface area contributed by atoms with E-state index in [0.717, 1.165) is 9.87 Å². The van der Waals surface area contributed by atoms with Gasteiger partial charge in [0.2, 0.25) is 0 Å². The average molecular weight is 491 g/mol. The molecule has 0 atom stereocenters. The Hall–Kier alpha value is -3.30. The van der Waals surface area contributed by atoms with Gasteiger partial charge in [0.25, 0.3) is 15.9 Å². The van der Waals surface area contributed by atoms with Crippen LogP contribution in [0.3, 0.4) is 0 Å². The van der Waals surface area contributed by atoms with Crippen LogP contribution < -0.4 is 19.1 Å². The van der Waals surface area contributed by atoms with Crippen molar-refractivity contribution in [3.63, 3.8) is 0 Å². The zero-order valence-corrected chi connectivity index (χ0v) is 19.1. The molecule has 0 radical (unpaired) electrons. The number of ether oxygens (including phenoxy) is 2. The van der Waals surface area contributed by atoms with Gasteiger partial charge in [-0.15, -0.1) is 0 Å². The summed E-state index contributed by atoms with van der Waals surface area (Å²) in [4.78, 5) is 12.7. The van der Waals surface area contributed by atoms with Crippen LogP contribution in [0.25, 0.3) is 0 Å². The molecule has 0 saturated carbocycles. The molecule has 0 bridgehead atoms. The van der Waals surface area contributed by atoms with Gasteiger partial charge < -0.3 is 14.8 Å². The van der Waals surface area contributed by atoms with Gasteiger partial charge in [0.05, 0.1) is 21.2 Å². The van der Waals surface area contributed by atoms with E-state index in [-0.39, 0.29) is 27.7 Å². The van der Waals surface area contributed by atoms with E-state index in [2.05, 4.69) is 5.32 Å². The Bertz CT molecular complexity index is 1300. The third kappa shape index (κ3) is 4.89. The monoisotopic (exact) mass is 490 g/mol. The third-order valence-corrected chi connectivity index (χ3v) is 7.20. The first-order valence-corrected chi connectivity index (χ1v) is 11.8. The van der Waals surface area contributed by atoms with Crippen LogP contribution in [-0.2, 0) is 16.6 Å². The number of carbonyl (C=O) groups is 1. The summed E-state index contributed by atoms with van der Waals surface area (Å²) in [5, 5.41) is 2.85. The van der Waals surface area contributed by atoms with Gasteiger partial charge in [0, 0.05) is 13.6 Å². The first-order chi connectivity index (χ1) is 15.8. The lowest BCUT2D eigenvalue weighted by Crippen LogP contribution is -2.27. The summed E-state index contributed by atoms with van der Waals surface area (Å²) in [6, 6.07) is 14.3. The van der Waals surface area contributed by atoms with Crippen molar-refractivity contribution in [3.05, 3.63) is 82.6 Å². The predicted octanol–water partition coefficient (Wildman–Crippen LogP) is 4.01. The molecular weight excluding hydrogens is 471 g/mol. The van der Waals surface area contributed by atoms with Crippen LogP contribution in [0.1, 0.15) is 15.9 Å². The van der Waals surface area contributed by atoms with E-state index in [1.54, 1.807) is 18.2 Å². The first-order valence-electron chi connectivity index (χ1n) is 9.96. The van der Waals surface area contributed by atoms with Gasteiger partial charge in [0.1, 0.15) is 19.0 Å². The number of nitrogens with one attached hydrogen (secondary N) is 1. The van der Waals surface area contributed by atoms with Crippen molar-refractivity contribution in [2.45, 2.75) is 11.4 Å². The molecule has 0 aromatic heterocycles. The lowest BCUT2D eigenvalue weighted by Gasteiger charge is -2.20. The molecule has 0 unspecified atom stereocenters. The molecule has 1 aliphatic rings. The van der Waals surface area contributed by atoms with E-state index < -0.39 is 21.7 Å². The number of carbonyl (C=O) groups excluding carboxylic acids is 1. The molecule has 1 amide bonds. The quantitative estimate of drug-likeness (QED) is 0.564. The van der Waals surface area contributed by atoms with Gasteiger partial charge in [-0.1, -0.05) is 17.7 Å². The van der Waals surface area contributed by atoms with E-state index in [4.69, 9.17) is 21.1 Å². The highest BCUT2D eigenvalue weighted by Crippen LogP contribution is 2.31. The van der Waals surface area contributed by atoms with E-state index in [9.17, 15) is 17.6 Å². The highest BCUT2D eigenvalue weighted by atomic mass is 35.5. The largest absolute Gasteiger partial charge is 0.486 e. The molecule has 0 spiro atoms. The molecule has 0 aliphatic carbocycles. The second-order valence-electron chi connectivity index (χ2n) is 7.25. The molecule has 10 heteroatoms. The fourth-order valence-corrected chi connectivity index (χ4v) is 4.69. The summed E-state index contributed by atoms with van der Waals surface area (Å²) < 4.78 is 51.3. The normalized spacial score (nSPS) is 12.8. The van der Waals surface area contributed by atoms with Crippen molar-refractivity contribution in [1.82, 2.24) is 5.32 Å². The molecule has 1 N–H and O–H groups in total. The van der Waals surface area contributed by atoms with Crippen molar-refractivity contribution in [3.8, 4) is 11.5 Å². The van der Waals surface area contributed by atoms with Crippen LogP contribution in [0.2, 0.25) is 5.02 Å². The summed E-state index contributed by atoms with van der Waals surface area (Å²) >= 11 is 6.18. The van der Waals surface area contributed by atoms with E-state index in [0.29, 0.717) is 24.7 Å². The summed E-state index contributed by atoms with van der Waals surface area (Å²) in [6.07, 6.45) is 0. The second kappa shape index (κ2) is 9.29. The number of halogens is 2. The highest BCUT2D eigenvalue weighted by Gasteiger charge is 2.24. The molecule has 1 heterocycles. The molecular formula is C23H20ClFN2O5S. The number of fused-ring (bicyclic) bond motifs is 1. The maximum Gasteiger partial charge on any atom is 0.264 e. The number of hydrogen-bond donors (Lipinski definition) is 1. The number of benzene rings is 3. The summed E-state index contributed by atoms with van der Waals surface area (Å²) in [5.41, 5.74) is 1.07. The minimum Gasteiger partial charge on any atom is -0.486 e. The Kier molecular flexibility index (Phi) is 6.44. The van der Waals surface area contributed by atoms with Crippen LogP contribution in [0.5, 0.6) is 11.5 Å². The molecule has 172 valence electrons. The SMILES string of the molecule is CN(c1ccc(F)cc1)S(=O)(=O)c1ccc(Cl)c(C(=O)NCc2ccc3c(c2)OCCO3)c1. The predicted molar refractivity (Wildman–Crippen MR) is 122 cm³/mol. The van der Waals surface area contributed by atoms with Crippen LogP contribution in [0, 0.1) is 5.82 Å². The Balaban J connectivity index is 1.52. The maximum atomic E-state index is 13.2. The Morgan fingerprint density at radius 3 is 2.45 bits per heavy atom. The molecule has 0 saturated heterocycles. The standard InChI is InChI=1S/C23H20ClFN2O5S/c1-27(17-5-3-16(25)4-6-17)33(29,30)18-7-8-20(24)19(13-18)23(28)26-14-15-2-9-21-22(12-15)32-11-10-31-21/h2-9,12-13H,10-11,14H2,1H3,(H,26,28). The zero-order chi connectivity index (χ0) is 23.6. The number of sulfonamides is 1. The van der Waals surface area contributed by atoms with Gasteiger partial charge >= 0.3 is 0 Å². The molecule has 3 aromatic carbocycles.